The number of carbonyl (C=O) groups is 2. The second-order valence-electron chi connectivity index (χ2n) is 6.55. The van der Waals surface area contributed by atoms with Crippen LogP contribution < -0.4 is 10.1 Å². The Morgan fingerprint density at radius 1 is 1.14 bits per heavy atom. The van der Waals surface area contributed by atoms with E-state index in [1.807, 2.05) is 30.3 Å². The van der Waals surface area contributed by atoms with Crippen LogP contribution in [0.15, 0.2) is 54.6 Å². The summed E-state index contributed by atoms with van der Waals surface area (Å²) >= 11 is 0. The minimum atomic E-state index is -0.551. The number of carbonyl (C=O) groups excluding carboxylic acids is 2. The number of anilines is 1. The number of nitrogens with one attached hydrogen (secondary N) is 1. The van der Waals surface area contributed by atoms with Crippen molar-refractivity contribution in [3.8, 4) is 5.75 Å². The zero-order valence-electron chi connectivity index (χ0n) is 15.2. The fourth-order valence-electron chi connectivity index (χ4n) is 3.14. The number of nitro groups is 1. The van der Waals surface area contributed by atoms with Gasteiger partial charge in [-0.1, -0.05) is 30.3 Å². The second-order valence-corrected chi connectivity index (χ2v) is 6.55. The number of likely N-dealkylation sites (tertiary alicyclic amines) is 1. The summed E-state index contributed by atoms with van der Waals surface area (Å²) in [6.07, 6.45) is 1.41. The Bertz CT molecular complexity index is 856. The lowest BCUT2D eigenvalue weighted by Gasteiger charge is -2.32. The van der Waals surface area contributed by atoms with Gasteiger partial charge in [-0.25, -0.2) is 0 Å². The van der Waals surface area contributed by atoms with Crippen molar-refractivity contribution >= 4 is 23.2 Å². The summed E-state index contributed by atoms with van der Waals surface area (Å²) < 4.78 is 5.37. The molecule has 1 N–H and O–H groups in total. The summed E-state index contributed by atoms with van der Waals surface area (Å²) in [6, 6.07) is 15.1. The van der Waals surface area contributed by atoms with Gasteiger partial charge in [-0.15, -0.1) is 0 Å². The molecule has 28 heavy (non-hydrogen) atoms. The predicted molar refractivity (Wildman–Crippen MR) is 103 cm³/mol. The van der Waals surface area contributed by atoms with E-state index in [0.717, 1.165) is 5.69 Å². The fourth-order valence-corrected chi connectivity index (χ4v) is 3.14. The molecule has 1 atom stereocenters. The van der Waals surface area contributed by atoms with Gasteiger partial charge in [0.15, 0.2) is 12.4 Å². The topological polar surface area (TPSA) is 102 Å². The Balaban J connectivity index is 1.56. The third-order valence-electron chi connectivity index (χ3n) is 4.60. The lowest BCUT2D eigenvalue weighted by atomic mass is 9.97. The summed E-state index contributed by atoms with van der Waals surface area (Å²) in [5, 5.41) is 13.9. The number of ether oxygens (including phenoxy) is 1. The molecule has 1 heterocycles. The van der Waals surface area contributed by atoms with Gasteiger partial charge in [0.2, 0.25) is 5.91 Å². The van der Waals surface area contributed by atoms with Gasteiger partial charge in [-0.05, 0) is 31.0 Å². The number of rotatable bonds is 6. The number of para-hydroxylation sites is 3. The van der Waals surface area contributed by atoms with Gasteiger partial charge in [-0.2, -0.15) is 0 Å². The number of piperidine rings is 1. The molecule has 146 valence electrons. The van der Waals surface area contributed by atoms with Crippen molar-refractivity contribution in [1.82, 2.24) is 4.90 Å². The van der Waals surface area contributed by atoms with Crippen LogP contribution in [0.1, 0.15) is 12.8 Å². The van der Waals surface area contributed by atoms with Crippen LogP contribution in [0.3, 0.4) is 0 Å². The third-order valence-corrected chi connectivity index (χ3v) is 4.60. The van der Waals surface area contributed by atoms with Crippen molar-refractivity contribution in [3.05, 3.63) is 64.7 Å². The first kappa shape index (κ1) is 19.3. The maximum Gasteiger partial charge on any atom is 0.310 e. The number of hydrogen-bond acceptors (Lipinski definition) is 5. The van der Waals surface area contributed by atoms with Crippen LogP contribution in [0, 0.1) is 16.0 Å². The molecule has 1 saturated heterocycles. The molecule has 0 bridgehead atoms. The second kappa shape index (κ2) is 8.98. The highest BCUT2D eigenvalue weighted by Gasteiger charge is 2.29. The Morgan fingerprint density at radius 2 is 1.86 bits per heavy atom. The van der Waals surface area contributed by atoms with Crippen LogP contribution in [-0.2, 0) is 9.59 Å². The molecule has 1 aliphatic heterocycles. The van der Waals surface area contributed by atoms with E-state index in [0.29, 0.717) is 25.9 Å². The monoisotopic (exact) mass is 383 g/mol. The smallest absolute Gasteiger partial charge is 0.310 e. The highest BCUT2D eigenvalue weighted by atomic mass is 16.6. The van der Waals surface area contributed by atoms with Gasteiger partial charge in [-0.3, -0.25) is 19.7 Å². The zero-order chi connectivity index (χ0) is 19.9. The van der Waals surface area contributed by atoms with E-state index in [4.69, 9.17) is 4.74 Å². The molecular formula is C20H21N3O5. The first-order valence-corrected chi connectivity index (χ1v) is 9.04. The van der Waals surface area contributed by atoms with Crippen LogP contribution >= 0.6 is 0 Å². The van der Waals surface area contributed by atoms with Crippen LogP contribution in [0.4, 0.5) is 11.4 Å². The van der Waals surface area contributed by atoms with E-state index in [1.54, 1.807) is 11.0 Å². The van der Waals surface area contributed by atoms with E-state index in [-0.39, 0.29) is 35.8 Å². The van der Waals surface area contributed by atoms with E-state index in [2.05, 4.69) is 5.32 Å². The number of hydrogen-bond donors (Lipinski definition) is 1. The maximum absolute atomic E-state index is 12.5. The van der Waals surface area contributed by atoms with E-state index >= 15 is 0 Å². The molecular weight excluding hydrogens is 362 g/mol. The molecule has 1 aliphatic rings. The highest BCUT2D eigenvalue weighted by molar-refractivity contribution is 5.93. The molecule has 0 aliphatic carbocycles. The summed E-state index contributed by atoms with van der Waals surface area (Å²) in [6.45, 7) is 0.532. The Kier molecular flexibility index (Phi) is 6.21. The molecule has 3 rings (SSSR count). The minimum absolute atomic E-state index is 0.0521. The largest absolute Gasteiger partial charge is 0.477 e. The molecule has 8 heteroatoms. The van der Waals surface area contributed by atoms with Crippen LogP contribution in [0.5, 0.6) is 5.75 Å². The average Bonchev–Trinajstić information content (AvgIpc) is 2.73. The molecule has 0 saturated carbocycles. The standard InChI is InChI=1S/C20H21N3O5/c24-19(14-28-18-11-5-4-10-17(18)23(26)27)22-12-6-7-15(13-22)20(25)21-16-8-2-1-3-9-16/h1-5,8-11,15H,6-7,12-14H2,(H,21,25)/t15-/m0/s1. The van der Waals surface area contributed by atoms with Crippen molar-refractivity contribution in [2.75, 3.05) is 25.0 Å². The van der Waals surface area contributed by atoms with Crippen LogP contribution in [0.2, 0.25) is 0 Å². The molecule has 0 radical (unpaired) electrons. The lowest BCUT2D eigenvalue weighted by molar-refractivity contribution is -0.385. The summed E-state index contributed by atoms with van der Waals surface area (Å²) in [5.74, 6) is -0.668. The zero-order valence-corrected chi connectivity index (χ0v) is 15.2. The van der Waals surface area contributed by atoms with Gasteiger partial charge in [0.25, 0.3) is 5.91 Å². The van der Waals surface area contributed by atoms with Crippen molar-refractivity contribution in [2.24, 2.45) is 5.92 Å². The van der Waals surface area contributed by atoms with Crippen LogP contribution in [-0.4, -0.2) is 41.3 Å². The Morgan fingerprint density at radius 3 is 2.61 bits per heavy atom. The van der Waals surface area contributed by atoms with Crippen LogP contribution in [0.25, 0.3) is 0 Å². The van der Waals surface area contributed by atoms with Gasteiger partial charge < -0.3 is 15.0 Å². The van der Waals surface area contributed by atoms with Crippen molar-refractivity contribution in [1.29, 1.82) is 0 Å². The lowest BCUT2D eigenvalue weighted by Crippen LogP contribution is -2.45. The van der Waals surface area contributed by atoms with E-state index < -0.39 is 4.92 Å². The number of benzene rings is 2. The molecule has 0 aromatic heterocycles. The molecule has 1 fully saturated rings. The molecule has 2 aromatic rings. The Labute approximate surface area is 162 Å². The highest BCUT2D eigenvalue weighted by Crippen LogP contribution is 2.26. The first-order valence-electron chi connectivity index (χ1n) is 9.04. The van der Waals surface area contributed by atoms with Crippen molar-refractivity contribution in [2.45, 2.75) is 12.8 Å². The van der Waals surface area contributed by atoms with Crippen molar-refractivity contribution in [3.63, 3.8) is 0 Å². The number of amides is 2. The molecule has 8 nitrogen and oxygen atoms in total. The predicted octanol–water partition coefficient (Wildman–Crippen LogP) is 2.85. The number of nitro benzene ring substituents is 1. The summed E-state index contributed by atoms with van der Waals surface area (Å²) in [4.78, 5) is 37.0. The molecule has 0 unspecified atom stereocenters. The SMILES string of the molecule is O=C(Nc1ccccc1)[C@H]1CCCN(C(=O)COc2ccccc2[N+](=O)[O-])C1. The summed E-state index contributed by atoms with van der Waals surface area (Å²) in [7, 11) is 0. The third kappa shape index (κ3) is 4.85. The normalized spacial score (nSPS) is 16.3. The van der Waals surface area contributed by atoms with Gasteiger partial charge in [0, 0.05) is 24.8 Å². The van der Waals surface area contributed by atoms with Gasteiger partial charge in [0.1, 0.15) is 0 Å². The van der Waals surface area contributed by atoms with Crippen molar-refractivity contribution < 1.29 is 19.2 Å². The maximum atomic E-state index is 12.5. The van der Waals surface area contributed by atoms with E-state index in [1.165, 1.54) is 18.2 Å². The van der Waals surface area contributed by atoms with E-state index in [9.17, 15) is 19.7 Å². The average molecular weight is 383 g/mol. The van der Waals surface area contributed by atoms with Gasteiger partial charge >= 0.3 is 5.69 Å². The molecule has 2 aromatic carbocycles. The first-order chi connectivity index (χ1) is 13.5. The summed E-state index contributed by atoms with van der Waals surface area (Å²) in [5.41, 5.74) is 0.532. The quantitative estimate of drug-likeness (QED) is 0.610. The number of nitrogens with zero attached hydrogens (tertiary/aromatic N) is 2. The minimum Gasteiger partial charge on any atom is -0.477 e. The Hall–Kier alpha value is -3.42. The molecule has 2 amide bonds. The molecule has 0 spiro atoms. The fraction of sp³-hybridized carbons (Fsp3) is 0.300. The van der Waals surface area contributed by atoms with Gasteiger partial charge in [0.05, 0.1) is 10.8 Å².